The van der Waals surface area contributed by atoms with Crippen LogP contribution in [-0.4, -0.2) is 29.8 Å². The minimum Gasteiger partial charge on any atom is -0.485 e. The van der Waals surface area contributed by atoms with E-state index in [9.17, 15) is 14.9 Å². The molecule has 9 heteroatoms. The molecular formula is C24H17N3O6. The van der Waals surface area contributed by atoms with Gasteiger partial charge >= 0.3 is 0 Å². The average Bonchev–Trinajstić information content (AvgIpc) is 3.31. The molecule has 0 spiro atoms. The lowest BCUT2D eigenvalue weighted by molar-refractivity contribution is -0.384. The Morgan fingerprint density at radius 3 is 2.48 bits per heavy atom. The maximum Gasteiger partial charge on any atom is 0.284 e. The molecule has 164 valence electrons. The number of hydrogen-bond acceptors (Lipinski definition) is 7. The maximum absolute atomic E-state index is 12.5. The van der Waals surface area contributed by atoms with E-state index in [4.69, 9.17) is 13.9 Å². The third-order valence-corrected chi connectivity index (χ3v) is 5.12. The van der Waals surface area contributed by atoms with Crippen LogP contribution in [0.4, 0.5) is 5.69 Å². The number of furan rings is 1. The van der Waals surface area contributed by atoms with E-state index >= 15 is 0 Å². The van der Waals surface area contributed by atoms with Crippen molar-refractivity contribution in [2.75, 3.05) is 6.61 Å². The van der Waals surface area contributed by atoms with Gasteiger partial charge in [0.2, 0.25) is 6.10 Å². The van der Waals surface area contributed by atoms with Crippen LogP contribution in [0.5, 0.6) is 11.5 Å². The summed E-state index contributed by atoms with van der Waals surface area (Å²) in [6.45, 7) is 0.0672. The standard InChI is InChI=1S/C24H17N3O6/c28-24(23-14-31-21-11-16-3-1-2-4-17(16)12-22(21)33-23)26-25-13-19-9-10-20(32-19)15-5-7-18(8-6-15)27(29)30/h1-13,23H,14H2,(H,26,28)/b25-13-. The summed E-state index contributed by atoms with van der Waals surface area (Å²) in [7, 11) is 0. The van der Waals surface area contributed by atoms with Crippen LogP contribution in [0.3, 0.4) is 0 Å². The lowest BCUT2D eigenvalue weighted by Crippen LogP contribution is -2.42. The number of nitro groups is 1. The Bertz CT molecular complexity index is 1380. The summed E-state index contributed by atoms with van der Waals surface area (Å²) in [6.07, 6.45) is 0.515. The largest absolute Gasteiger partial charge is 0.485 e. The Morgan fingerprint density at radius 2 is 1.76 bits per heavy atom. The number of amides is 1. The van der Waals surface area contributed by atoms with E-state index in [2.05, 4.69) is 10.5 Å². The first-order valence-electron chi connectivity index (χ1n) is 10.1. The van der Waals surface area contributed by atoms with Gasteiger partial charge in [0.05, 0.1) is 11.1 Å². The number of nitrogens with zero attached hydrogens (tertiary/aromatic N) is 2. The summed E-state index contributed by atoms with van der Waals surface area (Å²) in [5, 5.41) is 16.7. The molecule has 5 rings (SSSR count). The summed E-state index contributed by atoms with van der Waals surface area (Å²) >= 11 is 0. The first-order valence-corrected chi connectivity index (χ1v) is 10.1. The average molecular weight is 443 g/mol. The molecule has 0 aliphatic carbocycles. The third-order valence-electron chi connectivity index (χ3n) is 5.12. The van der Waals surface area contributed by atoms with Crippen molar-refractivity contribution in [2.24, 2.45) is 5.10 Å². The van der Waals surface area contributed by atoms with E-state index in [1.165, 1.54) is 18.3 Å². The van der Waals surface area contributed by atoms with Crippen molar-refractivity contribution in [1.82, 2.24) is 5.43 Å². The Balaban J connectivity index is 1.21. The zero-order valence-corrected chi connectivity index (χ0v) is 17.1. The number of fused-ring (bicyclic) bond motifs is 2. The number of hydrogen-bond donors (Lipinski definition) is 1. The van der Waals surface area contributed by atoms with Gasteiger partial charge in [-0.05, 0) is 47.2 Å². The first-order chi connectivity index (χ1) is 16.1. The predicted octanol–water partition coefficient (Wildman–Crippen LogP) is 4.30. The van der Waals surface area contributed by atoms with Gasteiger partial charge in [0.15, 0.2) is 11.5 Å². The van der Waals surface area contributed by atoms with Crippen molar-refractivity contribution in [1.29, 1.82) is 0 Å². The Morgan fingerprint density at radius 1 is 1.03 bits per heavy atom. The quantitative estimate of drug-likeness (QED) is 0.279. The van der Waals surface area contributed by atoms with Gasteiger partial charge in [0, 0.05) is 17.7 Å². The van der Waals surface area contributed by atoms with E-state index in [-0.39, 0.29) is 12.3 Å². The van der Waals surface area contributed by atoms with E-state index < -0.39 is 16.9 Å². The highest BCUT2D eigenvalue weighted by atomic mass is 16.6. The highest BCUT2D eigenvalue weighted by molar-refractivity contribution is 5.87. The van der Waals surface area contributed by atoms with E-state index in [1.54, 1.807) is 24.3 Å². The van der Waals surface area contributed by atoms with Crippen LogP contribution >= 0.6 is 0 Å². The van der Waals surface area contributed by atoms with Crippen LogP contribution in [0.25, 0.3) is 22.1 Å². The molecule has 0 saturated heterocycles. The van der Waals surface area contributed by atoms with Gasteiger partial charge in [0.25, 0.3) is 11.6 Å². The summed E-state index contributed by atoms with van der Waals surface area (Å²) in [4.78, 5) is 22.8. The van der Waals surface area contributed by atoms with Gasteiger partial charge in [-0.15, -0.1) is 0 Å². The molecule has 0 saturated carbocycles. The van der Waals surface area contributed by atoms with Gasteiger partial charge < -0.3 is 13.9 Å². The van der Waals surface area contributed by atoms with E-state index in [0.29, 0.717) is 28.6 Å². The number of benzene rings is 3. The van der Waals surface area contributed by atoms with E-state index in [1.807, 2.05) is 36.4 Å². The summed E-state index contributed by atoms with van der Waals surface area (Å²) in [5.74, 6) is 1.57. The summed E-state index contributed by atoms with van der Waals surface area (Å²) < 4.78 is 17.2. The van der Waals surface area contributed by atoms with Crippen LogP contribution in [-0.2, 0) is 4.79 Å². The number of nitrogens with one attached hydrogen (secondary N) is 1. The smallest absolute Gasteiger partial charge is 0.284 e. The molecule has 2 heterocycles. The van der Waals surface area contributed by atoms with Gasteiger partial charge in [-0.3, -0.25) is 14.9 Å². The number of non-ortho nitro benzene ring substituents is 1. The molecule has 0 fully saturated rings. The molecule has 1 amide bonds. The zero-order chi connectivity index (χ0) is 22.8. The number of ether oxygens (including phenoxy) is 2. The highest BCUT2D eigenvalue weighted by Crippen LogP contribution is 2.35. The second kappa shape index (κ2) is 8.46. The molecule has 1 aliphatic rings. The minimum atomic E-state index is -0.844. The molecule has 9 nitrogen and oxygen atoms in total. The molecule has 1 aromatic heterocycles. The minimum absolute atomic E-state index is 0.000439. The zero-order valence-electron chi connectivity index (χ0n) is 17.1. The second-order valence-electron chi connectivity index (χ2n) is 7.30. The Kier molecular flexibility index (Phi) is 5.19. The van der Waals surface area contributed by atoms with Crippen molar-refractivity contribution < 1.29 is 23.6 Å². The molecular weight excluding hydrogens is 426 g/mol. The SMILES string of the molecule is O=C(N/N=C\c1ccc(-c2ccc([N+](=O)[O-])cc2)o1)C1COc2cc3ccccc3cc2O1. The summed E-state index contributed by atoms with van der Waals surface area (Å²) in [6, 6.07) is 20.9. The van der Waals surface area contributed by atoms with Crippen molar-refractivity contribution in [3.63, 3.8) is 0 Å². The van der Waals surface area contributed by atoms with Gasteiger partial charge in [0.1, 0.15) is 18.1 Å². The number of rotatable bonds is 5. The van der Waals surface area contributed by atoms with Crippen molar-refractivity contribution >= 4 is 28.6 Å². The molecule has 0 radical (unpaired) electrons. The molecule has 1 unspecified atom stereocenters. The second-order valence-corrected chi connectivity index (χ2v) is 7.30. The molecule has 1 aliphatic heterocycles. The van der Waals surface area contributed by atoms with Crippen LogP contribution in [0.1, 0.15) is 5.76 Å². The number of hydrazone groups is 1. The summed E-state index contributed by atoms with van der Waals surface area (Å²) in [5.41, 5.74) is 3.11. The van der Waals surface area contributed by atoms with Crippen molar-refractivity contribution in [2.45, 2.75) is 6.10 Å². The number of nitro benzene ring substituents is 1. The maximum atomic E-state index is 12.5. The van der Waals surface area contributed by atoms with Crippen molar-refractivity contribution in [3.05, 3.63) is 88.7 Å². The molecule has 3 aromatic carbocycles. The number of carbonyl (C=O) groups is 1. The van der Waals surface area contributed by atoms with Gasteiger partial charge in [-0.2, -0.15) is 5.10 Å². The van der Waals surface area contributed by atoms with Crippen molar-refractivity contribution in [3.8, 4) is 22.8 Å². The normalized spacial score (nSPS) is 15.0. The topological polar surface area (TPSA) is 116 Å². The molecule has 33 heavy (non-hydrogen) atoms. The third kappa shape index (κ3) is 4.24. The first kappa shape index (κ1) is 20.3. The van der Waals surface area contributed by atoms with E-state index in [0.717, 1.165) is 10.8 Å². The van der Waals surface area contributed by atoms with Crippen LogP contribution in [0.15, 0.2) is 82.3 Å². The molecule has 1 atom stereocenters. The van der Waals surface area contributed by atoms with Crippen LogP contribution in [0, 0.1) is 10.1 Å². The lowest BCUT2D eigenvalue weighted by Gasteiger charge is -2.25. The predicted molar refractivity (Wildman–Crippen MR) is 120 cm³/mol. The fraction of sp³-hybridized carbons (Fsp3) is 0.0833. The fourth-order valence-corrected chi connectivity index (χ4v) is 3.44. The van der Waals surface area contributed by atoms with Gasteiger partial charge in [-0.25, -0.2) is 5.43 Å². The molecule has 0 bridgehead atoms. The Labute approximate surface area is 187 Å². The molecule has 1 N–H and O–H groups in total. The monoisotopic (exact) mass is 443 g/mol. The molecule has 4 aromatic rings. The number of carbonyl (C=O) groups excluding carboxylic acids is 1. The van der Waals surface area contributed by atoms with Gasteiger partial charge in [-0.1, -0.05) is 24.3 Å². The fourth-order valence-electron chi connectivity index (χ4n) is 3.44. The van der Waals surface area contributed by atoms with Crippen LogP contribution in [0.2, 0.25) is 0 Å². The highest BCUT2D eigenvalue weighted by Gasteiger charge is 2.27. The van der Waals surface area contributed by atoms with Crippen LogP contribution < -0.4 is 14.9 Å². The Hall–Kier alpha value is -4.66. The lowest BCUT2D eigenvalue weighted by atomic mass is 10.1.